The van der Waals surface area contributed by atoms with E-state index < -0.39 is 0 Å². The molecule has 1 nitrogen and oxygen atoms in total. The number of benzene rings is 2. The van der Waals surface area contributed by atoms with Gasteiger partial charge in [0.25, 0.3) is 0 Å². The van der Waals surface area contributed by atoms with Crippen LogP contribution in [0.2, 0.25) is 0 Å². The van der Waals surface area contributed by atoms with Crippen LogP contribution in [0.1, 0.15) is 26.3 Å². The molecule has 0 spiro atoms. The molecule has 0 unspecified atom stereocenters. The minimum atomic E-state index is -0.206. The third-order valence-corrected chi connectivity index (χ3v) is 4.86. The molecule has 0 amide bonds. The van der Waals surface area contributed by atoms with Crippen molar-refractivity contribution in [1.82, 2.24) is 5.32 Å². The van der Waals surface area contributed by atoms with E-state index in [-0.39, 0.29) is 11.4 Å². The van der Waals surface area contributed by atoms with E-state index >= 15 is 0 Å². The monoisotopic (exact) mass is 367 g/mol. The maximum atomic E-state index is 12.9. The van der Waals surface area contributed by atoms with Crippen molar-refractivity contribution < 1.29 is 4.39 Å². The molecule has 2 aromatic carbocycles. The molecule has 0 aromatic heterocycles. The Morgan fingerprint density at radius 1 is 1.10 bits per heavy atom. The van der Waals surface area contributed by atoms with E-state index in [9.17, 15) is 4.39 Å². The lowest BCUT2D eigenvalue weighted by molar-refractivity contribution is 0.424. The van der Waals surface area contributed by atoms with Gasteiger partial charge in [-0.2, -0.15) is 0 Å². The first-order valence-corrected chi connectivity index (χ1v) is 8.41. The van der Waals surface area contributed by atoms with Crippen molar-refractivity contribution in [3.05, 3.63) is 58.3 Å². The smallest absolute Gasteiger partial charge is 0.123 e. The highest BCUT2D eigenvalue weighted by Crippen LogP contribution is 2.34. The van der Waals surface area contributed by atoms with E-state index in [4.69, 9.17) is 0 Å². The van der Waals surface area contributed by atoms with Gasteiger partial charge in [-0.15, -0.1) is 0 Å². The van der Waals surface area contributed by atoms with Crippen LogP contribution in [0, 0.1) is 5.82 Å². The van der Waals surface area contributed by atoms with Crippen LogP contribution in [-0.4, -0.2) is 5.54 Å². The molecular formula is C17H19BrFNS. The van der Waals surface area contributed by atoms with E-state index in [1.54, 1.807) is 23.9 Å². The number of hydrogen-bond donors (Lipinski definition) is 1. The second-order valence-corrected chi connectivity index (χ2v) is 7.89. The highest BCUT2D eigenvalue weighted by atomic mass is 79.9. The van der Waals surface area contributed by atoms with Crippen molar-refractivity contribution in [3.63, 3.8) is 0 Å². The van der Waals surface area contributed by atoms with Crippen LogP contribution in [0.4, 0.5) is 4.39 Å². The number of rotatable bonds is 4. The molecular weight excluding hydrogens is 349 g/mol. The predicted molar refractivity (Wildman–Crippen MR) is 91.3 cm³/mol. The van der Waals surface area contributed by atoms with E-state index in [2.05, 4.69) is 60.2 Å². The molecule has 21 heavy (non-hydrogen) atoms. The molecule has 0 bridgehead atoms. The summed E-state index contributed by atoms with van der Waals surface area (Å²) >= 11 is 5.24. The molecule has 0 radical (unpaired) electrons. The van der Waals surface area contributed by atoms with Gasteiger partial charge in [0.05, 0.1) is 0 Å². The lowest BCUT2D eigenvalue weighted by atomic mass is 10.1. The summed E-state index contributed by atoms with van der Waals surface area (Å²) in [4.78, 5) is 2.15. The van der Waals surface area contributed by atoms with Gasteiger partial charge >= 0.3 is 0 Å². The van der Waals surface area contributed by atoms with Crippen LogP contribution in [0.25, 0.3) is 0 Å². The molecule has 0 saturated heterocycles. The molecule has 0 heterocycles. The minimum Gasteiger partial charge on any atom is -0.308 e. The molecule has 0 atom stereocenters. The molecule has 0 aliphatic heterocycles. The Balaban J connectivity index is 2.07. The summed E-state index contributed by atoms with van der Waals surface area (Å²) < 4.78 is 14.0. The molecule has 4 heteroatoms. The van der Waals surface area contributed by atoms with Crippen molar-refractivity contribution in [2.24, 2.45) is 0 Å². The molecule has 2 aromatic rings. The molecule has 0 aliphatic rings. The minimum absolute atomic E-state index is 0.105. The summed E-state index contributed by atoms with van der Waals surface area (Å²) in [5.74, 6) is -0.206. The van der Waals surface area contributed by atoms with Gasteiger partial charge in [-0.1, -0.05) is 17.8 Å². The second kappa shape index (κ2) is 6.95. The highest BCUT2D eigenvalue weighted by molar-refractivity contribution is 9.10. The van der Waals surface area contributed by atoms with E-state index in [0.29, 0.717) is 0 Å². The quantitative estimate of drug-likeness (QED) is 0.751. The lowest BCUT2D eigenvalue weighted by Crippen LogP contribution is -2.35. The first kappa shape index (κ1) is 16.5. The summed E-state index contributed by atoms with van der Waals surface area (Å²) in [5.41, 5.74) is 1.34. The summed E-state index contributed by atoms with van der Waals surface area (Å²) in [6, 6.07) is 12.9. The Hall–Kier alpha value is -0.840. The van der Waals surface area contributed by atoms with Gasteiger partial charge in [0, 0.05) is 26.3 Å². The molecule has 112 valence electrons. The maximum Gasteiger partial charge on any atom is 0.123 e. The molecule has 0 fully saturated rings. The fourth-order valence-electron chi connectivity index (χ4n) is 1.73. The van der Waals surface area contributed by atoms with Crippen molar-refractivity contribution in [2.75, 3.05) is 0 Å². The summed E-state index contributed by atoms with van der Waals surface area (Å²) in [5, 5.41) is 3.47. The zero-order valence-electron chi connectivity index (χ0n) is 12.4. The predicted octanol–water partition coefficient (Wildman–Crippen LogP) is 5.63. The standard InChI is InChI=1S/C17H19BrFNS/c1-17(2,3)20-11-12-4-9-16(15(18)10-12)21-14-7-5-13(19)6-8-14/h4-10,20H,11H2,1-3H3. The van der Waals surface area contributed by atoms with Crippen LogP contribution in [0.3, 0.4) is 0 Å². The zero-order chi connectivity index (χ0) is 15.5. The Bertz CT molecular complexity index is 605. The Kier molecular flexibility index (Phi) is 5.47. The van der Waals surface area contributed by atoms with Gasteiger partial charge in [0.1, 0.15) is 5.82 Å². The SMILES string of the molecule is CC(C)(C)NCc1ccc(Sc2ccc(F)cc2)c(Br)c1. The van der Waals surface area contributed by atoms with Gasteiger partial charge in [0.15, 0.2) is 0 Å². The topological polar surface area (TPSA) is 12.0 Å². The van der Waals surface area contributed by atoms with Crippen molar-refractivity contribution in [2.45, 2.75) is 42.6 Å². The Labute approximate surface area is 138 Å². The van der Waals surface area contributed by atoms with E-state index in [1.165, 1.54) is 17.7 Å². The van der Waals surface area contributed by atoms with Crippen LogP contribution in [0.15, 0.2) is 56.7 Å². The van der Waals surface area contributed by atoms with E-state index in [0.717, 1.165) is 20.8 Å². The largest absolute Gasteiger partial charge is 0.308 e. The number of hydrogen-bond acceptors (Lipinski definition) is 2. The summed E-state index contributed by atoms with van der Waals surface area (Å²) in [6.07, 6.45) is 0. The maximum absolute atomic E-state index is 12.9. The number of nitrogens with one attached hydrogen (secondary N) is 1. The third kappa shape index (κ3) is 5.46. The van der Waals surface area contributed by atoms with Crippen LogP contribution < -0.4 is 5.32 Å². The van der Waals surface area contributed by atoms with Gasteiger partial charge in [-0.3, -0.25) is 0 Å². The highest BCUT2D eigenvalue weighted by Gasteiger charge is 2.09. The Morgan fingerprint density at radius 3 is 2.33 bits per heavy atom. The van der Waals surface area contributed by atoms with Crippen LogP contribution in [-0.2, 0) is 6.54 Å². The number of halogens is 2. The van der Waals surface area contributed by atoms with Gasteiger partial charge in [-0.05, 0) is 78.7 Å². The van der Waals surface area contributed by atoms with Gasteiger partial charge < -0.3 is 5.32 Å². The lowest BCUT2D eigenvalue weighted by Gasteiger charge is -2.20. The fourth-order valence-corrected chi connectivity index (χ4v) is 3.22. The summed E-state index contributed by atoms with van der Waals surface area (Å²) in [6.45, 7) is 7.30. The normalized spacial score (nSPS) is 11.7. The molecule has 0 saturated carbocycles. The van der Waals surface area contributed by atoms with Crippen molar-refractivity contribution >= 4 is 27.7 Å². The van der Waals surface area contributed by atoms with Crippen molar-refractivity contribution in [3.8, 4) is 0 Å². The first-order valence-electron chi connectivity index (χ1n) is 6.80. The fraction of sp³-hybridized carbons (Fsp3) is 0.294. The van der Waals surface area contributed by atoms with Crippen LogP contribution >= 0.6 is 27.7 Å². The van der Waals surface area contributed by atoms with Crippen LogP contribution in [0.5, 0.6) is 0 Å². The van der Waals surface area contributed by atoms with Gasteiger partial charge in [0.2, 0.25) is 0 Å². The van der Waals surface area contributed by atoms with Crippen molar-refractivity contribution in [1.29, 1.82) is 0 Å². The van der Waals surface area contributed by atoms with E-state index in [1.807, 2.05) is 0 Å². The van der Waals surface area contributed by atoms with Gasteiger partial charge in [-0.25, -0.2) is 4.39 Å². The average molecular weight is 368 g/mol. The average Bonchev–Trinajstić information content (AvgIpc) is 2.41. The molecule has 2 rings (SSSR count). The second-order valence-electron chi connectivity index (χ2n) is 5.92. The summed E-state index contributed by atoms with van der Waals surface area (Å²) in [7, 11) is 0. The molecule has 0 aliphatic carbocycles. The third-order valence-electron chi connectivity index (χ3n) is 2.86. The Morgan fingerprint density at radius 2 is 1.76 bits per heavy atom. The first-order chi connectivity index (χ1) is 9.83. The zero-order valence-corrected chi connectivity index (χ0v) is 14.8. The molecule has 1 N–H and O–H groups in total.